The molecule has 1 unspecified atom stereocenters. The second-order valence-electron chi connectivity index (χ2n) is 4.90. The smallest absolute Gasteiger partial charge is 0.274 e. The van der Waals surface area contributed by atoms with E-state index in [0.29, 0.717) is 12.2 Å². The van der Waals surface area contributed by atoms with Crippen molar-refractivity contribution in [3.63, 3.8) is 0 Å². The van der Waals surface area contributed by atoms with Gasteiger partial charge in [-0.1, -0.05) is 13.8 Å². The Balaban J connectivity index is 1.96. The highest BCUT2D eigenvalue weighted by molar-refractivity contribution is 5.97. The fourth-order valence-corrected chi connectivity index (χ4v) is 2.07. The Labute approximate surface area is 106 Å². The molecule has 0 spiro atoms. The molecule has 4 N–H and O–H groups in total. The summed E-state index contributed by atoms with van der Waals surface area (Å²) in [5.41, 5.74) is 7.42. The van der Waals surface area contributed by atoms with Gasteiger partial charge in [-0.2, -0.15) is 5.10 Å². The van der Waals surface area contributed by atoms with Crippen LogP contribution in [0.4, 0.5) is 5.69 Å². The van der Waals surface area contributed by atoms with Gasteiger partial charge in [-0.3, -0.25) is 9.89 Å². The maximum absolute atomic E-state index is 11.9. The Hall–Kier alpha value is -1.56. The summed E-state index contributed by atoms with van der Waals surface area (Å²) in [7, 11) is 0. The van der Waals surface area contributed by atoms with Crippen molar-refractivity contribution >= 4 is 11.6 Å². The zero-order valence-corrected chi connectivity index (χ0v) is 10.8. The van der Waals surface area contributed by atoms with Crippen LogP contribution in [0.5, 0.6) is 0 Å². The number of H-pyrrole nitrogens is 1. The van der Waals surface area contributed by atoms with Crippen LogP contribution in [-0.4, -0.2) is 35.4 Å². The number of nitrogens with zero attached hydrogens (tertiary/aromatic N) is 1. The maximum atomic E-state index is 11.9. The molecule has 0 radical (unpaired) electrons. The molecule has 0 aromatic carbocycles. The molecule has 100 valence electrons. The molecule has 6 heteroatoms. The fourth-order valence-electron chi connectivity index (χ4n) is 2.07. The van der Waals surface area contributed by atoms with Crippen LogP contribution < -0.4 is 11.1 Å². The molecule has 1 aromatic rings. The molecule has 1 amide bonds. The first-order valence-corrected chi connectivity index (χ1v) is 6.33. The normalized spacial score (nSPS) is 19.4. The summed E-state index contributed by atoms with van der Waals surface area (Å²) in [5.74, 6) is -0.0247. The van der Waals surface area contributed by atoms with Gasteiger partial charge in [0, 0.05) is 13.2 Å². The van der Waals surface area contributed by atoms with Gasteiger partial charge in [0.15, 0.2) is 5.69 Å². The quantitative estimate of drug-likeness (QED) is 0.746. The zero-order valence-electron chi connectivity index (χ0n) is 10.8. The van der Waals surface area contributed by atoms with Crippen LogP contribution in [0.1, 0.15) is 48.8 Å². The molecule has 0 bridgehead atoms. The fraction of sp³-hybridized carbons (Fsp3) is 0.667. The van der Waals surface area contributed by atoms with E-state index >= 15 is 0 Å². The molecule has 6 nitrogen and oxygen atoms in total. The lowest BCUT2D eigenvalue weighted by atomic mass is 10.1. The van der Waals surface area contributed by atoms with Crippen LogP contribution in [0.3, 0.4) is 0 Å². The zero-order chi connectivity index (χ0) is 13.1. The number of rotatable bonds is 4. The Morgan fingerprint density at radius 2 is 2.44 bits per heavy atom. The molecule has 0 aliphatic carbocycles. The monoisotopic (exact) mass is 252 g/mol. The molecule has 0 saturated carbocycles. The number of aromatic nitrogens is 2. The van der Waals surface area contributed by atoms with Gasteiger partial charge in [-0.05, 0) is 18.8 Å². The highest BCUT2D eigenvalue weighted by Crippen LogP contribution is 2.21. The van der Waals surface area contributed by atoms with E-state index in [9.17, 15) is 4.79 Å². The number of ether oxygens (including phenoxy) is 1. The van der Waals surface area contributed by atoms with Gasteiger partial charge in [0.25, 0.3) is 5.91 Å². The van der Waals surface area contributed by atoms with Gasteiger partial charge in [-0.15, -0.1) is 0 Å². The summed E-state index contributed by atoms with van der Waals surface area (Å²) in [6.45, 7) is 5.29. The maximum Gasteiger partial charge on any atom is 0.274 e. The van der Waals surface area contributed by atoms with Crippen molar-refractivity contribution in [3.8, 4) is 0 Å². The number of nitrogens with two attached hydrogens (primary N) is 1. The molecule has 1 saturated heterocycles. The summed E-state index contributed by atoms with van der Waals surface area (Å²) in [6.07, 6.45) is 2.18. The first-order chi connectivity index (χ1) is 8.59. The van der Waals surface area contributed by atoms with Crippen LogP contribution in [0.25, 0.3) is 0 Å². The Morgan fingerprint density at radius 1 is 1.67 bits per heavy atom. The Kier molecular flexibility index (Phi) is 3.86. The topological polar surface area (TPSA) is 93.0 Å². The average Bonchev–Trinajstić information content (AvgIpc) is 2.94. The predicted molar refractivity (Wildman–Crippen MR) is 68.4 cm³/mol. The predicted octanol–water partition coefficient (Wildman–Crippen LogP) is 1.02. The van der Waals surface area contributed by atoms with E-state index in [1.807, 2.05) is 13.8 Å². The number of carbonyl (C=O) groups is 1. The third kappa shape index (κ3) is 2.64. The number of nitrogen functional groups attached to an aromatic ring is 1. The largest absolute Gasteiger partial charge is 0.395 e. The number of anilines is 1. The molecule has 1 aliphatic rings. The minimum Gasteiger partial charge on any atom is -0.395 e. The molecule has 1 atom stereocenters. The van der Waals surface area contributed by atoms with Crippen molar-refractivity contribution in [2.75, 3.05) is 18.9 Å². The Bertz CT molecular complexity index is 422. The van der Waals surface area contributed by atoms with Gasteiger partial charge < -0.3 is 15.8 Å². The molecule has 1 aliphatic heterocycles. The lowest BCUT2D eigenvalue weighted by Gasteiger charge is -2.10. The van der Waals surface area contributed by atoms with Gasteiger partial charge in [0.2, 0.25) is 0 Å². The molecule has 2 rings (SSSR count). The molecular formula is C12H20N4O2. The van der Waals surface area contributed by atoms with Crippen molar-refractivity contribution < 1.29 is 9.53 Å². The SMILES string of the molecule is CC(C)c1[nH]nc(C(=O)NCC2CCCO2)c1N. The highest BCUT2D eigenvalue weighted by Gasteiger charge is 2.21. The second kappa shape index (κ2) is 5.39. The van der Waals surface area contributed by atoms with Gasteiger partial charge in [0.05, 0.1) is 17.5 Å². The van der Waals surface area contributed by atoms with Gasteiger partial charge >= 0.3 is 0 Å². The van der Waals surface area contributed by atoms with Crippen molar-refractivity contribution in [3.05, 3.63) is 11.4 Å². The minimum absolute atomic E-state index is 0.124. The van der Waals surface area contributed by atoms with E-state index in [0.717, 1.165) is 25.1 Å². The highest BCUT2D eigenvalue weighted by atomic mass is 16.5. The van der Waals surface area contributed by atoms with Crippen molar-refractivity contribution in [2.24, 2.45) is 0 Å². The number of aromatic amines is 1. The van der Waals surface area contributed by atoms with Gasteiger partial charge in [0.1, 0.15) is 0 Å². The number of nitrogens with one attached hydrogen (secondary N) is 2. The first-order valence-electron chi connectivity index (χ1n) is 6.33. The van der Waals surface area contributed by atoms with E-state index in [4.69, 9.17) is 10.5 Å². The molecule has 2 heterocycles. The number of amides is 1. The van der Waals surface area contributed by atoms with E-state index in [1.54, 1.807) is 0 Å². The van der Waals surface area contributed by atoms with Crippen LogP contribution in [0.15, 0.2) is 0 Å². The van der Waals surface area contributed by atoms with Crippen molar-refractivity contribution in [1.82, 2.24) is 15.5 Å². The second-order valence-corrected chi connectivity index (χ2v) is 4.90. The van der Waals surface area contributed by atoms with E-state index in [2.05, 4.69) is 15.5 Å². The Morgan fingerprint density at radius 3 is 3.00 bits per heavy atom. The molecule has 1 fully saturated rings. The first kappa shape index (κ1) is 12.9. The third-order valence-electron chi connectivity index (χ3n) is 3.14. The standard InChI is InChI=1S/C12H20N4O2/c1-7(2)10-9(13)11(16-15-10)12(17)14-6-8-4-3-5-18-8/h7-8H,3-6,13H2,1-2H3,(H,14,17)(H,15,16). The van der Waals surface area contributed by atoms with Crippen molar-refractivity contribution in [1.29, 1.82) is 0 Å². The van der Waals surface area contributed by atoms with Crippen molar-refractivity contribution in [2.45, 2.75) is 38.7 Å². The van der Waals surface area contributed by atoms with Crippen LogP contribution in [0, 0.1) is 0 Å². The minimum atomic E-state index is -0.244. The lowest BCUT2D eigenvalue weighted by Crippen LogP contribution is -2.32. The van der Waals surface area contributed by atoms with Crippen LogP contribution in [0.2, 0.25) is 0 Å². The third-order valence-corrected chi connectivity index (χ3v) is 3.14. The molecular weight excluding hydrogens is 232 g/mol. The lowest BCUT2D eigenvalue weighted by molar-refractivity contribution is 0.0854. The molecule has 1 aromatic heterocycles. The summed E-state index contributed by atoms with van der Waals surface area (Å²) in [6, 6.07) is 0. The number of hydrogen-bond acceptors (Lipinski definition) is 4. The number of carbonyl (C=O) groups excluding carboxylic acids is 1. The molecule has 18 heavy (non-hydrogen) atoms. The van der Waals surface area contributed by atoms with Crippen LogP contribution in [-0.2, 0) is 4.74 Å². The van der Waals surface area contributed by atoms with E-state index in [-0.39, 0.29) is 23.6 Å². The summed E-state index contributed by atoms with van der Waals surface area (Å²) < 4.78 is 5.44. The summed E-state index contributed by atoms with van der Waals surface area (Å²) >= 11 is 0. The van der Waals surface area contributed by atoms with Crippen LogP contribution >= 0.6 is 0 Å². The van der Waals surface area contributed by atoms with E-state index in [1.165, 1.54) is 0 Å². The van der Waals surface area contributed by atoms with Gasteiger partial charge in [-0.25, -0.2) is 0 Å². The summed E-state index contributed by atoms with van der Waals surface area (Å²) in [5, 5.41) is 9.60. The average molecular weight is 252 g/mol. The number of hydrogen-bond donors (Lipinski definition) is 3. The van der Waals surface area contributed by atoms with E-state index < -0.39 is 0 Å². The summed E-state index contributed by atoms with van der Waals surface area (Å²) in [4.78, 5) is 11.9.